The van der Waals surface area contributed by atoms with Crippen LogP contribution in [0.25, 0.3) is 0 Å². The van der Waals surface area contributed by atoms with E-state index in [2.05, 4.69) is 17.5 Å². The minimum absolute atomic E-state index is 0.0934. The zero-order valence-corrected chi connectivity index (χ0v) is 16.0. The SMILES string of the molecule is C[S+](C)CCC([O-])=Nc1ccc(OC[C@H]([OH2+])COc2ccccc2)cc1. The first-order valence-electron chi connectivity index (χ1n) is 8.43. The van der Waals surface area contributed by atoms with Gasteiger partial charge in [0.15, 0.2) is 13.2 Å². The standard InChI is InChI=1S/C20H25NO4S/c1-26(2)13-12-20(23)21-16-8-10-19(11-9-16)25-15-17(22)14-24-18-6-4-3-5-7-18/h3-11,17,22H,12-15H2,1-2H3/p+1/t17-/m1/s1. The Hall–Kier alpha value is -2.18. The van der Waals surface area contributed by atoms with E-state index < -0.39 is 6.10 Å². The highest BCUT2D eigenvalue weighted by atomic mass is 32.2. The first-order valence-corrected chi connectivity index (χ1v) is 10.6. The Bertz CT molecular complexity index is 674. The van der Waals surface area contributed by atoms with E-state index in [4.69, 9.17) is 14.6 Å². The van der Waals surface area contributed by atoms with E-state index in [0.717, 1.165) is 11.5 Å². The maximum absolute atomic E-state index is 11.8. The third-order valence-electron chi connectivity index (χ3n) is 3.46. The van der Waals surface area contributed by atoms with Gasteiger partial charge in [-0.25, -0.2) is 0 Å². The molecule has 26 heavy (non-hydrogen) atoms. The van der Waals surface area contributed by atoms with Crippen molar-refractivity contribution in [2.45, 2.75) is 12.5 Å². The van der Waals surface area contributed by atoms with Gasteiger partial charge >= 0.3 is 0 Å². The highest BCUT2D eigenvalue weighted by molar-refractivity contribution is 7.95. The van der Waals surface area contributed by atoms with Crippen molar-refractivity contribution >= 4 is 22.5 Å². The molecule has 0 aliphatic rings. The summed E-state index contributed by atoms with van der Waals surface area (Å²) in [6.45, 7) is 0.500. The Balaban J connectivity index is 1.75. The zero-order valence-electron chi connectivity index (χ0n) is 15.2. The molecule has 1 atom stereocenters. The van der Waals surface area contributed by atoms with Gasteiger partial charge in [0.2, 0.25) is 6.10 Å². The Morgan fingerprint density at radius 1 is 1.00 bits per heavy atom. The third kappa shape index (κ3) is 7.80. The van der Waals surface area contributed by atoms with Crippen molar-refractivity contribution in [3.05, 3.63) is 54.6 Å². The fourth-order valence-corrected chi connectivity index (χ4v) is 2.65. The van der Waals surface area contributed by atoms with Gasteiger partial charge in [0, 0.05) is 6.42 Å². The van der Waals surface area contributed by atoms with Crippen LogP contribution in [0.5, 0.6) is 11.5 Å². The third-order valence-corrected chi connectivity index (χ3v) is 4.48. The number of nitrogens with zero attached hydrogens (tertiary/aromatic N) is 1. The molecule has 0 aromatic heterocycles. The second kappa shape index (κ2) is 10.7. The summed E-state index contributed by atoms with van der Waals surface area (Å²) < 4.78 is 11.1. The monoisotopic (exact) mass is 376 g/mol. The lowest BCUT2D eigenvalue weighted by Gasteiger charge is -2.12. The molecule has 2 rings (SSSR count). The summed E-state index contributed by atoms with van der Waals surface area (Å²) >= 11 is 0. The van der Waals surface area contributed by atoms with Crippen molar-refractivity contribution in [3.63, 3.8) is 0 Å². The molecule has 0 saturated carbocycles. The second-order valence-corrected chi connectivity index (χ2v) is 8.45. The minimum atomic E-state index is -0.488. The lowest BCUT2D eigenvalue weighted by Crippen LogP contribution is -2.25. The van der Waals surface area contributed by atoms with Crippen LogP contribution in [0.4, 0.5) is 5.69 Å². The van der Waals surface area contributed by atoms with Crippen LogP contribution < -0.4 is 14.6 Å². The maximum atomic E-state index is 11.8. The number of hydrogen-bond donors (Lipinski definition) is 0. The predicted molar refractivity (Wildman–Crippen MR) is 107 cm³/mol. The number of hydrogen-bond acceptors (Lipinski definition) is 4. The van der Waals surface area contributed by atoms with Crippen molar-refractivity contribution in [2.24, 2.45) is 4.99 Å². The molecule has 2 aromatic rings. The molecule has 0 aliphatic heterocycles. The molecular weight excluding hydrogens is 350 g/mol. The van der Waals surface area contributed by atoms with E-state index >= 15 is 0 Å². The van der Waals surface area contributed by atoms with Gasteiger partial charge in [0.05, 0.1) is 18.2 Å². The number of para-hydroxylation sites is 1. The van der Waals surface area contributed by atoms with E-state index in [9.17, 15) is 5.11 Å². The van der Waals surface area contributed by atoms with Crippen molar-refractivity contribution in [1.29, 1.82) is 0 Å². The maximum Gasteiger partial charge on any atom is 0.222 e. The molecule has 0 unspecified atom stereocenters. The number of ether oxygens (including phenoxy) is 2. The van der Waals surface area contributed by atoms with Crippen LogP contribution in [0.1, 0.15) is 6.42 Å². The van der Waals surface area contributed by atoms with E-state index in [1.165, 1.54) is 0 Å². The summed E-state index contributed by atoms with van der Waals surface area (Å²) in [6.07, 6.45) is 4.22. The normalized spacial score (nSPS) is 12.8. The van der Waals surface area contributed by atoms with Gasteiger partial charge in [-0.1, -0.05) is 18.2 Å². The van der Waals surface area contributed by atoms with Gasteiger partial charge in [0.1, 0.15) is 17.3 Å². The Morgan fingerprint density at radius 2 is 1.58 bits per heavy atom. The van der Waals surface area contributed by atoms with Crippen LogP contribution in [0, 0.1) is 0 Å². The molecule has 0 radical (unpaired) electrons. The molecule has 0 heterocycles. The summed E-state index contributed by atoms with van der Waals surface area (Å²) in [7, 11) is 0.252. The molecule has 6 heteroatoms. The summed E-state index contributed by atoms with van der Waals surface area (Å²) in [6, 6.07) is 16.5. The molecule has 0 aliphatic carbocycles. The Kier molecular flexibility index (Phi) is 8.31. The minimum Gasteiger partial charge on any atom is -0.862 e. The molecule has 0 spiro atoms. The summed E-state index contributed by atoms with van der Waals surface area (Å²) in [4.78, 5) is 4.08. The lowest BCUT2D eigenvalue weighted by molar-refractivity contribution is -0.217. The first kappa shape index (κ1) is 20.1. The van der Waals surface area contributed by atoms with Gasteiger partial charge in [-0.2, -0.15) is 0 Å². The van der Waals surface area contributed by atoms with Crippen molar-refractivity contribution in [3.8, 4) is 11.5 Å². The van der Waals surface area contributed by atoms with Gasteiger partial charge < -0.3 is 19.7 Å². The Labute approximate surface area is 157 Å². The van der Waals surface area contributed by atoms with Crippen LogP contribution in [-0.4, -0.2) is 48.6 Å². The lowest BCUT2D eigenvalue weighted by atomic mass is 10.3. The van der Waals surface area contributed by atoms with Gasteiger partial charge in [-0.3, -0.25) is 4.99 Å². The topological polar surface area (TPSA) is 76.8 Å². The first-order chi connectivity index (χ1) is 12.5. The van der Waals surface area contributed by atoms with Crippen molar-refractivity contribution < 1.29 is 19.7 Å². The highest BCUT2D eigenvalue weighted by Crippen LogP contribution is 2.18. The van der Waals surface area contributed by atoms with E-state index in [1.807, 2.05) is 30.3 Å². The number of aliphatic imine (C=N–C) groups is 1. The van der Waals surface area contributed by atoms with Crippen LogP contribution in [0.15, 0.2) is 59.6 Å². The fourth-order valence-electron chi connectivity index (χ4n) is 2.07. The van der Waals surface area contributed by atoms with E-state index in [-0.39, 0.29) is 30.0 Å². The van der Waals surface area contributed by atoms with E-state index in [1.54, 1.807) is 24.3 Å². The molecule has 0 saturated heterocycles. The number of benzene rings is 2. The number of rotatable bonds is 10. The summed E-state index contributed by atoms with van der Waals surface area (Å²) in [5.74, 6) is 2.18. The molecule has 0 bridgehead atoms. The summed E-state index contributed by atoms with van der Waals surface area (Å²) in [5.41, 5.74) is 0.629. The fraction of sp³-hybridized carbons (Fsp3) is 0.350. The Morgan fingerprint density at radius 3 is 2.15 bits per heavy atom. The average molecular weight is 376 g/mol. The average Bonchev–Trinajstić information content (AvgIpc) is 2.65. The quantitative estimate of drug-likeness (QED) is 0.361. The van der Waals surface area contributed by atoms with Gasteiger partial charge in [-0.15, -0.1) is 0 Å². The molecular formula is C20H26NO4S+. The van der Waals surface area contributed by atoms with Gasteiger partial charge in [0.25, 0.3) is 0 Å². The molecule has 0 amide bonds. The van der Waals surface area contributed by atoms with Crippen LogP contribution >= 0.6 is 0 Å². The zero-order chi connectivity index (χ0) is 18.8. The molecule has 2 aromatic carbocycles. The highest BCUT2D eigenvalue weighted by Gasteiger charge is 2.11. The van der Waals surface area contributed by atoms with Crippen LogP contribution in [0.2, 0.25) is 0 Å². The molecule has 2 N–H and O–H groups in total. The second-order valence-electron chi connectivity index (χ2n) is 6.07. The van der Waals surface area contributed by atoms with Crippen molar-refractivity contribution in [1.82, 2.24) is 0 Å². The summed E-state index contributed by atoms with van der Waals surface area (Å²) in [5, 5.41) is 19.7. The smallest absolute Gasteiger partial charge is 0.222 e. The van der Waals surface area contributed by atoms with Crippen LogP contribution in [0.3, 0.4) is 0 Å². The predicted octanol–water partition coefficient (Wildman–Crippen LogP) is 1.90. The van der Waals surface area contributed by atoms with E-state index in [0.29, 0.717) is 17.9 Å². The largest absolute Gasteiger partial charge is 0.862 e. The molecule has 5 nitrogen and oxygen atoms in total. The molecule has 0 fully saturated rings. The van der Waals surface area contributed by atoms with Gasteiger partial charge in [-0.05, 0) is 53.2 Å². The van der Waals surface area contributed by atoms with Crippen LogP contribution in [-0.2, 0) is 10.9 Å². The molecule has 140 valence electrons. The van der Waals surface area contributed by atoms with Crippen molar-refractivity contribution in [2.75, 3.05) is 31.5 Å².